The highest BCUT2D eigenvalue weighted by atomic mass is 32.1. The number of hydrogen-bond donors (Lipinski definition) is 1. The summed E-state index contributed by atoms with van der Waals surface area (Å²) in [5.41, 5.74) is 0.622. The number of nitro benzene ring substituents is 1. The van der Waals surface area contributed by atoms with Crippen LogP contribution >= 0.6 is 11.3 Å². The van der Waals surface area contributed by atoms with Crippen LogP contribution < -0.4 is 4.90 Å². The number of thiazole rings is 1. The minimum absolute atomic E-state index is 0.00131. The number of hydrogen-bond acceptors (Lipinski definition) is 6. The van der Waals surface area contributed by atoms with E-state index in [-0.39, 0.29) is 12.2 Å². The highest BCUT2D eigenvalue weighted by Gasteiger charge is 2.13. The molecule has 1 N–H and O–H groups in total. The number of likely N-dealkylation sites (N-methyl/N-ethyl adjacent to an activating group) is 1. The van der Waals surface area contributed by atoms with Crippen molar-refractivity contribution in [3.05, 3.63) is 28.3 Å². The number of anilines is 1. The summed E-state index contributed by atoms with van der Waals surface area (Å²) < 4.78 is 0.663. The second-order valence-corrected chi connectivity index (χ2v) is 4.66. The summed E-state index contributed by atoms with van der Waals surface area (Å²) in [6.45, 7) is -0.165. The number of carboxylic acids is 1. The first-order valence-corrected chi connectivity index (χ1v) is 5.77. The highest BCUT2D eigenvalue weighted by Crippen LogP contribution is 2.30. The van der Waals surface area contributed by atoms with Gasteiger partial charge in [0.1, 0.15) is 6.54 Å². The summed E-state index contributed by atoms with van der Waals surface area (Å²) in [6.07, 6.45) is 0. The van der Waals surface area contributed by atoms with Crippen LogP contribution in [0.4, 0.5) is 10.8 Å². The first-order chi connectivity index (χ1) is 8.47. The van der Waals surface area contributed by atoms with Crippen LogP contribution in [0.3, 0.4) is 0 Å². The van der Waals surface area contributed by atoms with Gasteiger partial charge in [0, 0.05) is 19.2 Å². The zero-order valence-electron chi connectivity index (χ0n) is 9.36. The molecule has 0 saturated carbocycles. The van der Waals surface area contributed by atoms with E-state index in [9.17, 15) is 14.9 Å². The van der Waals surface area contributed by atoms with Gasteiger partial charge in [0.2, 0.25) is 0 Å². The van der Waals surface area contributed by atoms with Crippen molar-refractivity contribution in [2.75, 3.05) is 18.5 Å². The molecule has 8 heteroatoms. The van der Waals surface area contributed by atoms with Gasteiger partial charge in [-0.15, -0.1) is 0 Å². The summed E-state index contributed by atoms with van der Waals surface area (Å²) in [5.74, 6) is -0.956. The van der Waals surface area contributed by atoms with Gasteiger partial charge in [-0.1, -0.05) is 11.3 Å². The molecule has 1 heterocycles. The van der Waals surface area contributed by atoms with E-state index >= 15 is 0 Å². The summed E-state index contributed by atoms with van der Waals surface area (Å²) >= 11 is 1.23. The Bertz CT molecular complexity index is 625. The number of benzene rings is 1. The van der Waals surface area contributed by atoms with E-state index in [0.717, 1.165) is 0 Å². The number of aromatic nitrogens is 1. The second kappa shape index (κ2) is 4.57. The molecule has 1 aromatic heterocycles. The largest absolute Gasteiger partial charge is 0.480 e. The first-order valence-electron chi connectivity index (χ1n) is 4.95. The van der Waals surface area contributed by atoms with Crippen LogP contribution in [0.15, 0.2) is 18.2 Å². The molecule has 0 radical (unpaired) electrons. The van der Waals surface area contributed by atoms with E-state index in [1.165, 1.54) is 28.4 Å². The fourth-order valence-corrected chi connectivity index (χ4v) is 2.41. The van der Waals surface area contributed by atoms with Crippen LogP contribution in [0, 0.1) is 10.1 Å². The molecular weight excluding hydrogens is 258 g/mol. The number of carboxylic acid groups (broad SMARTS) is 1. The third kappa shape index (κ3) is 2.38. The maximum atomic E-state index is 10.6. The fraction of sp³-hybridized carbons (Fsp3) is 0.200. The quantitative estimate of drug-likeness (QED) is 0.669. The third-order valence-corrected chi connectivity index (χ3v) is 3.40. The fourth-order valence-electron chi connectivity index (χ4n) is 1.45. The summed E-state index contributed by atoms with van der Waals surface area (Å²) in [6, 6.07) is 4.37. The Balaban J connectivity index is 2.38. The Labute approximate surface area is 105 Å². The van der Waals surface area contributed by atoms with Gasteiger partial charge >= 0.3 is 5.97 Å². The third-order valence-electron chi connectivity index (χ3n) is 2.27. The Morgan fingerprint density at radius 3 is 2.94 bits per heavy atom. The number of carbonyl (C=O) groups is 1. The normalized spacial score (nSPS) is 10.5. The molecule has 0 aliphatic heterocycles. The Hall–Kier alpha value is -2.22. The van der Waals surface area contributed by atoms with Crippen LogP contribution in [0.5, 0.6) is 0 Å². The Kier molecular flexibility index (Phi) is 3.11. The molecule has 0 bridgehead atoms. The summed E-state index contributed by atoms with van der Waals surface area (Å²) in [4.78, 5) is 26.5. The van der Waals surface area contributed by atoms with Gasteiger partial charge in [0.25, 0.3) is 5.69 Å². The minimum Gasteiger partial charge on any atom is -0.480 e. The zero-order valence-corrected chi connectivity index (χ0v) is 10.2. The number of rotatable bonds is 4. The highest BCUT2D eigenvalue weighted by molar-refractivity contribution is 7.22. The van der Waals surface area contributed by atoms with Gasteiger partial charge in [0.05, 0.1) is 15.1 Å². The predicted octanol–water partition coefficient (Wildman–Crippen LogP) is 1.73. The van der Waals surface area contributed by atoms with Gasteiger partial charge in [-0.25, -0.2) is 4.98 Å². The van der Waals surface area contributed by atoms with Gasteiger partial charge in [-0.3, -0.25) is 14.9 Å². The van der Waals surface area contributed by atoms with Crippen molar-refractivity contribution in [1.29, 1.82) is 0 Å². The van der Waals surface area contributed by atoms with Crippen LogP contribution in [0.1, 0.15) is 0 Å². The first kappa shape index (κ1) is 12.2. The lowest BCUT2D eigenvalue weighted by Crippen LogP contribution is -2.24. The van der Waals surface area contributed by atoms with E-state index in [4.69, 9.17) is 5.11 Å². The van der Waals surface area contributed by atoms with Crippen molar-refractivity contribution in [3.8, 4) is 0 Å². The lowest BCUT2D eigenvalue weighted by Gasteiger charge is -2.11. The molecule has 0 spiro atoms. The van der Waals surface area contributed by atoms with E-state index in [0.29, 0.717) is 15.3 Å². The topological polar surface area (TPSA) is 96.6 Å². The minimum atomic E-state index is -0.956. The van der Waals surface area contributed by atoms with Gasteiger partial charge in [0.15, 0.2) is 5.13 Å². The molecule has 1 aromatic carbocycles. The van der Waals surface area contributed by atoms with E-state index in [1.54, 1.807) is 13.1 Å². The summed E-state index contributed by atoms with van der Waals surface area (Å²) in [7, 11) is 1.61. The number of aliphatic carboxylic acids is 1. The molecule has 0 atom stereocenters. The molecule has 94 valence electrons. The monoisotopic (exact) mass is 267 g/mol. The van der Waals surface area contributed by atoms with Crippen molar-refractivity contribution in [1.82, 2.24) is 4.98 Å². The maximum Gasteiger partial charge on any atom is 0.323 e. The van der Waals surface area contributed by atoms with Crippen molar-refractivity contribution in [2.24, 2.45) is 0 Å². The number of nitro groups is 1. The van der Waals surface area contributed by atoms with E-state index in [1.807, 2.05) is 0 Å². The molecule has 18 heavy (non-hydrogen) atoms. The molecular formula is C10H9N3O4S. The van der Waals surface area contributed by atoms with Crippen molar-refractivity contribution in [2.45, 2.75) is 0 Å². The number of non-ortho nitro benzene ring substituents is 1. The molecule has 7 nitrogen and oxygen atoms in total. The Morgan fingerprint density at radius 2 is 2.33 bits per heavy atom. The molecule has 0 amide bonds. The van der Waals surface area contributed by atoms with Crippen molar-refractivity contribution < 1.29 is 14.8 Å². The molecule has 0 unspecified atom stereocenters. The van der Waals surface area contributed by atoms with Gasteiger partial charge in [-0.2, -0.15) is 0 Å². The average Bonchev–Trinajstić information content (AvgIpc) is 2.70. The second-order valence-electron chi connectivity index (χ2n) is 3.66. The van der Waals surface area contributed by atoms with Crippen LogP contribution in [-0.4, -0.2) is 34.6 Å². The number of nitrogens with zero attached hydrogens (tertiary/aromatic N) is 3. The lowest BCUT2D eigenvalue weighted by atomic mass is 10.3. The van der Waals surface area contributed by atoms with Gasteiger partial charge < -0.3 is 10.0 Å². The van der Waals surface area contributed by atoms with Crippen molar-refractivity contribution in [3.63, 3.8) is 0 Å². The van der Waals surface area contributed by atoms with Crippen LogP contribution in [-0.2, 0) is 4.79 Å². The zero-order chi connectivity index (χ0) is 13.3. The Morgan fingerprint density at radius 1 is 1.61 bits per heavy atom. The average molecular weight is 267 g/mol. The maximum absolute atomic E-state index is 10.6. The molecule has 2 rings (SSSR count). The summed E-state index contributed by atoms with van der Waals surface area (Å²) in [5, 5.41) is 19.8. The smallest absolute Gasteiger partial charge is 0.323 e. The molecule has 0 aliphatic rings. The standard InChI is InChI=1S/C10H9N3O4S/c1-12(5-9(14)15)10-11-7-3-2-6(13(16)17)4-8(7)18-10/h2-4H,5H2,1H3,(H,14,15). The SMILES string of the molecule is CN(CC(=O)O)c1nc2ccc([N+](=O)[O-])cc2s1. The molecule has 0 aliphatic carbocycles. The molecule has 0 saturated heterocycles. The van der Waals surface area contributed by atoms with E-state index in [2.05, 4.69) is 4.98 Å². The van der Waals surface area contributed by atoms with Crippen molar-refractivity contribution >= 4 is 38.3 Å². The molecule has 0 fully saturated rings. The lowest BCUT2D eigenvalue weighted by molar-refractivity contribution is -0.384. The predicted molar refractivity (Wildman–Crippen MR) is 67.2 cm³/mol. The van der Waals surface area contributed by atoms with Gasteiger partial charge in [-0.05, 0) is 6.07 Å². The van der Waals surface area contributed by atoms with Crippen LogP contribution in [0.25, 0.3) is 10.2 Å². The number of fused-ring (bicyclic) bond motifs is 1. The molecule has 2 aromatic rings. The van der Waals surface area contributed by atoms with E-state index < -0.39 is 10.9 Å². The van der Waals surface area contributed by atoms with Crippen LogP contribution in [0.2, 0.25) is 0 Å².